The van der Waals surface area contributed by atoms with Crippen molar-refractivity contribution < 1.29 is 9.90 Å². The molecule has 0 spiro atoms. The van der Waals surface area contributed by atoms with Gasteiger partial charge in [-0.1, -0.05) is 18.2 Å². The third-order valence-electron chi connectivity index (χ3n) is 2.44. The summed E-state index contributed by atoms with van der Waals surface area (Å²) in [6.45, 7) is 1.70. The second-order valence-electron chi connectivity index (χ2n) is 3.60. The monoisotopic (exact) mass is 177 g/mol. The standard InChI is InChI=1S/C10H11NO2/c1-10(9(12)13)6-7-4-2-3-5-8(7)11-10/h2-5,11H,6H2,1H3,(H,12,13). The van der Waals surface area contributed by atoms with Crippen LogP contribution in [0.5, 0.6) is 0 Å². The minimum absolute atomic E-state index is 0.554. The molecule has 0 aromatic heterocycles. The Morgan fingerprint density at radius 3 is 2.85 bits per heavy atom. The maximum Gasteiger partial charge on any atom is 0.329 e. The summed E-state index contributed by atoms with van der Waals surface area (Å²) in [7, 11) is 0. The molecule has 1 heterocycles. The van der Waals surface area contributed by atoms with E-state index in [1.54, 1.807) is 6.92 Å². The number of benzene rings is 1. The van der Waals surface area contributed by atoms with E-state index in [1.807, 2.05) is 24.3 Å². The average Bonchev–Trinajstić information content (AvgIpc) is 2.42. The van der Waals surface area contributed by atoms with Crippen LogP contribution in [0, 0.1) is 0 Å². The Morgan fingerprint density at radius 1 is 1.54 bits per heavy atom. The third-order valence-corrected chi connectivity index (χ3v) is 2.44. The topological polar surface area (TPSA) is 49.3 Å². The first-order valence-electron chi connectivity index (χ1n) is 4.21. The van der Waals surface area contributed by atoms with Gasteiger partial charge in [0.15, 0.2) is 0 Å². The first-order valence-corrected chi connectivity index (χ1v) is 4.21. The van der Waals surface area contributed by atoms with E-state index in [0.29, 0.717) is 6.42 Å². The van der Waals surface area contributed by atoms with Gasteiger partial charge in [0.1, 0.15) is 5.54 Å². The minimum Gasteiger partial charge on any atom is -0.480 e. The quantitative estimate of drug-likeness (QED) is 0.683. The van der Waals surface area contributed by atoms with Crippen molar-refractivity contribution in [3.63, 3.8) is 0 Å². The average molecular weight is 177 g/mol. The molecule has 2 rings (SSSR count). The molecule has 1 aromatic carbocycles. The first-order chi connectivity index (χ1) is 6.12. The van der Waals surface area contributed by atoms with E-state index in [2.05, 4.69) is 5.32 Å². The van der Waals surface area contributed by atoms with Gasteiger partial charge in [-0.05, 0) is 18.6 Å². The maximum absolute atomic E-state index is 10.9. The highest BCUT2D eigenvalue weighted by Gasteiger charge is 2.38. The van der Waals surface area contributed by atoms with Crippen LogP contribution in [0.1, 0.15) is 12.5 Å². The summed E-state index contributed by atoms with van der Waals surface area (Å²) >= 11 is 0. The van der Waals surface area contributed by atoms with E-state index in [0.717, 1.165) is 11.3 Å². The van der Waals surface area contributed by atoms with Crippen LogP contribution < -0.4 is 5.32 Å². The Bertz CT molecular complexity index is 335. The van der Waals surface area contributed by atoms with Gasteiger partial charge in [0.05, 0.1) is 0 Å². The van der Waals surface area contributed by atoms with Crippen LogP contribution in [-0.4, -0.2) is 16.6 Å². The predicted molar refractivity (Wildman–Crippen MR) is 49.8 cm³/mol. The number of fused-ring (bicyclic) bond motifs is 1. The zero-order chi connectivity index (χ0) is 9.47. The van der Waals surface area contributed by atoms with Crippen molar-refractivity contribution in [2.45, 2.75) is 18.9 Å². The van der Waals surface area contributed by atoms with Crippen LogP contribution in [0.25, 0.3) is 0 Å². The van der Waals surface area contributed by atoms with Crippen LogP contribution in [0.15, 0.2) is 24.3 Å². The SMILES string of the molecule is CC1(C(=O)O)Cc2ccccc2N1. The summed E-state index contributed by atoms with van der Waals surface area (Å²) in [5.41, 5.74) is 1.18. The summed E-state index contributed by atoms with van der Waals surface area (Å²) < 4.78 is 0. The lowest BCUT2D eigenvalue weighted by Crippen LogP contribution is -2.41. The van der Waals surface area contributed by atoms with Gasteiger partial charge < -0.3 is 10.4 Å². The molecule has 1 aliphatic heterocycles. The largest absolute Gasteiger partial charge is 0.480 e. The van der Waals surface area contributed by atoms with Gasteiger partial charge in [-0.25, -0.2) is 4.79 Å². The summed E-state index contributed by atoms with van der Waals surface area (Å²) in [6.07, 6.45) is 0.554. The third kappa shape index (κ3) is 1.16. The van der Waals surface area contributed by atoms with Gasteiger partial charge in [-0.15, -0.1) is 0 Å². The molecule has 1 aliphatic rings. The number of carbonyl (C=O) groups is 1. The molecule has 0 saturated heterocycles. The fourth-order valence-corrected chi connectivity index (χ4v) is 1.65. The van der Waals surface area contributed by atoms with E-state index in [9.17, 15) is 4.79 Å². The molecule has 13 heavy (non-hydrogen) atoms. The number of hydrogen-bond donors (Lipinski definition) is 2. The molecule has 3 heteroatoms. The molecule has 0 saturated carbocycles. The van der Waals surface area contributed by atoms with Crippen molar-refractivity contribution >= 4 is 11.7 Å². The Labute approximate surface area is 76.4 Å². The van der Waals surface area contributed by atoms with Gasteiger partial charge in [0.25, 0.3) is 0 Å². The lowest BCUT2D eigenvalue weighted by molar-refractivity contribution is -0.141. The normalized spacial score (nSPS) is 25.0. The molecule has 68 valence electrons. The fourth-order valence-electron chi connectivity index (χ4n) is 1.65. The van der Waals surface area contributed by atoms with Crippen molar-refractivity contribution in [1.29, 1.82) is 0 Å². The van der Waals surface area contributed by atoms with Crippen molar-refractivity contribution in [1.82, 2.24) is 0 Å². The second kappa shape index (κ2) is 2.49. The Kier molecular flexibility index (Phi) is 1.55. The zero-order valence-electron chi connectivity index (χ0n) is 7.37. The highest BCUT2D eigenvalue weighted by atomic mass is 16.4. The Morgan fingerprint density at radius 2 is 2.23 bits per heavy atom. The number of carboxylic acids is 1. The molecule has 0 amide bonds. The molecule has 3 nitrogen and oxygen atoms in total. The summed E-state index contributed by atoms with van der Waals surface area (Å²) in [5.74, 6) is -0.802. The summed E-state index contributed by atoms with van der Waals surface area (Å²) in [4.78, 5) is 10.9. The van der Waals surface area contributed by atoms with Gasteiger partial charge in [-0.2, -0.15) is 0 Å². The molecule has 1 aromatic rings. The Balaban J connectivity index is 2.37. The molecule has 0 aliphatic carbocycles. The van der Waals surface area contributed by atoms with Crippen molar-refractivity contribution in [2.24, 2.45) is 0 Å². The van der Waals surface area contributed by atoms with E-state index in [4.69, 9.17) is 5.11 Å². The van der Waals surface area contributed by atoms with Crippen LogP contribution >= 0.6 is 0 Å². The highest BCUT2D eigenvalue weighted by Crippen LogP contribution is 2.31. The molecule has 2 N–H and O–H groups in total. The molecule has 0 radical (unpaired) electrons. The van der Waals surface area contributed by atoms with E-state index >= 15 is 0 Å². The van der Waals surface area contributed by atoms with Crippen LogP contribution in [0.3, 0.4) is 0 Å². The number of aliphatic carboxylic acids is 1. The predicted octanol–water partition coefficient (Wildman–Crippen LogP) is 1.50. The van der Waals surface area contributed by atoms with Crippen molar-refractivity contribution in [3.05, 3.63) is 29.8 Å². The summed E-state index contributed by atoms with van der Waals surface area (Å²) in [6, 6.07) is 7.69. The van der Waals surface area contributed by atoms with Gasteiger partial charge in [0.2, 0.25) is 0 Å². The smallest absolute Gasteiger partial charge is 0.329 e. The van der Waals surface area contributed by atoms with Crippen LogP contribution in [-0.2, 0) is 11.2 Å². The maximum atomic E-state index is 10.9. The zero-order valence-corrected chi connectivity index (χ0v) is 7.37. The second-order valence-corrected chi connectivity index (χ2v) is 3.60. The van der Waals surface area contributed by atoms with E-state index in [-0.39, 0.29) is 0 Å². The molecule has 0 fully saturated rings. The van der Waals surface area contributed by atoms with E-state index < -0.39 is 11.5 Å². The number of para-hydroxylation sites is 1. The molecule has 1 atom stereocenters. The number of nitrogens with one attached hydrogen (secondary N) is 1. The van der Waals surface area contributed by atoms with Gasteiger partial charge >= 0.3 is 5.97 Å². The molecular formula is C10H11NO2. The number of carboxylic acid groups (broad SMARTS) is 1. The minimum atomic E-state index is -0.830. The molecule has 1 unspecified atom stereocenters. The molecule has 0 bridgehead atoms. The Hall–Kier alpha value is -1.51. The number of anilines is 1. The van der Waals surface area contributed by atoms with Crippen molar-refractivity contribution in [2.75, 3.05) is 5.32 Å². The number of rotatable bonds is 1. The van der Waals surface area contributed by atoms with E-state index in [1.165, 1.54) is 0 Å². The number of hydrogen-bond acceptors (Lipinski definition) is 2. The molecular weight excluding hydrogens is 166 g/mol. The lowest BCUT2D eigenvalue weighted by Gasteiger charge is -2.18. The van der Waals surface area contributed by atoms with Crippen molar-refractivity contribution in [3.8, 4) is 0 Å². The van der Waals surface area contributed by atoms with Gasteiger partial charge in [-0.3, -0.25) is 0 Å². The van der Waals surface area contributed by atoms with Crippen LogP contribution in [0.2, 0.25) is 0 Å². The first kappa shape index (κ1) is 8.10. The highest BCUT2D eigenvalue weighted by molar-refractivity contribution is 5.85. The summed E-state index contributed by atoms with van der Waals surface area (Å²) in [5, 5.41) is 12.0. The van der Waals surface area contributed by atoms with Gasteiger partial charge in [0, 0.05) is 12.1 Å². The fraction of sp³-hybridized carbons (Fsp3) is 0.300. The lowest BCUT2D eigenvalue weighted by atomic mass is 9.98. The van der Waals surface area contributed by atoms with Crippen LogP contribution in [0.4, 0.5) is 5.69 Å².